The zero-order valence-electron chi connectivity index (χ0n) is 11.0. The smallest absolute Gasteiger partial charge is 0.151 e. The Labute approximate surface area is 106 Å². The highest BCUT2D eigenvalue weighted by atomic mass is 19.1. The number of benzene rings is 1. The molecule has 1 aromatic carbocycles. The van der Waals surface area contributed by atoms with Gasteiger partial charge in [0.15, 0.2) is 5.82 Å². The molecule has 0 spiro atoms. The van der Waals surface area contributed by atoms with Gasteiger partial charge in [0.05, 0.1) is 5.69 Å². The third-order valence-electron chi connectivity index (χ3n) is 3.20. The first-order chi connectivity index (χ1) is 8.54. The van der Waals surface area contributed by atoms with E-state index in [1.807, 2.05) is 27.0 Å². The van der Waals surface area contributed by atoms with Crippen LogP contribution in [-0.4, -0.2) is 17.2 Å². The minimum atomic E-state index is -0.218. The summed E-state index contributed by atoms with van der Waals surface area (Å²) < 4.78 is 13.6. The maximum Gasteiger partial charge on any atom is 0.151 e. The average Bonchev–Trinajstić information content (AvgIpc) is 2.36. The SMILES string of the molecule is CNc1nnc(-c2ccc(C)c(F)c2)c(C)c1C. The van der Waals surface area contributed by atoms with E-state index in [-0.39, 0.29) is 5.82 Å². The molecule has 0 bridgehead atoms. The highest BCUT2D eigenvalue weighted by Gasteiger charge is 2.11. The van der Waals surface area contributed by atoms with Crippen LogP contribution < -0.4 is 5.32 Å². The monoisotopic (exact) mass is 245 g/mol. The molecule has 0 aliphatic carbocycles. The molecule has 3 nitrogen and oxygen atoms in total. The lowest BCUT2D eigenvalue weighted by molar-refractivity contribution is 0.619. The summed E-state index contributed by atoms with van der Waals surface area (Å²) in [6.45, 7) is 5.69. The van der Waals surface area contributed by atoms with Crippen LogP contribution in [0.5, 0.6) is 0 Å². The minimum absolute atomic E-state index is 0.218. The molecule has 2 rings (SSSR count). The van der Waals surface area contributed by atoms with Crippen molar-refractivity contribution in [2.24, 2.45) is 0 Å². The van der Waals surface area contributed by atoms with E-state index in [1.165, 1.54) is 6.07 Å². The normalized spacial score (nSPS) is 10.5. The highest BCUT2D eigenvalue weighted by molar-refractivity contribution is 5.66. The summed E-state index contributed by atoms with van der Waals surface area (Å²) in [6.07, 6.45) is 0. The number of anilines is 1. The quantitative estimate of drug-likeness (QED) is 0.882. The van der Waals surface area contributed by atoms with E-state index in [4.69, 9.17) is 0 Å². The number of hydrogen-bond acceptors (Lipinski definition) is 3. The fraction of sp³-hybridized carbons (Fsp3) is 0.286. The van der Waals surface area contributed by atoms with Gasteiger partial charge in [0.25, 0.3) is 0 Å². The van der Waals surface area contributed by atoms with Gasteiger partial charge in [-0.3, -0.25) is 0 Å². The standard InChI is InChI=1S/C14H16FN3/c1-8-5-6-11(7-12(8)15)13-9(2)10(3)14(16-4)18-17-13/h5-7H,1-4H3,(H,16,18). The first kappa shape index (κ1) is 12.5. The van der Waals surface area contributed by atoms with Crippen molar-refractivity contribution in [1.29, 1.82) is 0 Å². The summed E-state index contributed by atoms with van der Waals surface area (Å²) in [4.78, 5) is 0. The van der Waals surface area contributed by atoms with Crippen LogP contribution in [0.15, 0.2) is 18.2 Å². The Morgan fingerprint density at radius 2 is 1.78 bits per heavy atom. The molecule has 0 unspecified atom stereocenters. The highest BCUT2D eigenvalue weighted by Crippen LogP contribution is 2.26. The molecule has 0 atom stereocenters. The van der Waals surface area contributed by atoms with Crippen molar-refractivity contribution in [3.8, 4) is 11.3 Å². The molecular weight excluding hydrogens is 229 g/mol. The van der Waals surface area contributed by atoms with Gasteiger partial charge in [-0.05, 0) is 43.5 Å². The second-order valence-electron chi connectivity index (χ2n) is 4.36. The number of aromatic nitrogens is 2. The second-order valence-corrected chi connectivity index (χ2v) is 4.36. The lowest BCUT2D eigenvalue weighted by Gasteiger charge is -2.11. The van der Waals surface area contributed by atoms with Crippen LogP contribution in [0.2, 0.25) is 0 Å². The molecule has 1 heterocycles. The Balaban J connectivity index is 2.57. The largest absolute Gasteiger partial charge is 0.371 e. The number of hydrogen-bond donors (Lipinski definition) is 1. The third kappa shape index (κ3) is 2.06. The Hall–Kier alpha value is -1.97. The molecule has 2 aromatic rings. The van der Waals surface area contributed by atoms with Crippen molar-refractivity contribution in [2.75, 3.05) is 12.4 Å². The molecule has 0 aliphatic heterocycles. The van der Waals surface area contributed by atoms with Gasteiger partial charge >= 0.3 is 0 Å². The molecule has 0 amide bonds. The van der Waals surface area contributed by atoms with Crippen molar-refractivity contribution < 1.29 is 4.39 Å². The summed E-state index contributed by atoms with van der Waals surface area (Å²) in [6, 6.07) is 5.13. The van der Waals surface area contributed by atoms with E-state index in [9.17, 15) is 4.39 Å². The van der Waals surface area contributed by atoms with Gasteiger partial charge in [-0.25, -0.2) is 4.39 Å². The summed E-state index contributed by atoms with van der Waals surface area (Å²) >= 11 is 0. The second kappa shape index (κ2) is 4.72. The molecule has 0 saturated heterocycles. The Kier molecular flexibility index (Phi) is 3.28. The Bertz CT molecular complexity index is 594. The van der Waals surface area contributed by atoms with Gasteiger partial charge in [-0.15, -0.1) is 10.2 Å². The predicted molar refractivity (Wildman–Crippen MR) is 71.2 cm³/mol. The van der Waals surface area contributed by atoms with Crippen LogP contribution in [0.3, 0.4) is 0 Å². The van der Waals surface area contributed by atoms with Gasteiger partial charge in [-0.2, -0.15) is 0 Å². The van der Waals surface area contributed by atoms with Crippen molar-refractivity contribution in [3.05, 3.63) is 40.7 Å². The fourth-order valence-electron chi connectivity index (χ4n) is 1.86. The van der Waals surface area contributed by atoms with E-state index < -0.39 is 0 Å². The number of nitrogens with zero attached hydrogens (tertiary/aromatic N) is 2. The Morgan fingerprint density at radius 1 is 1.06 bits per heavy atom. The van der Waals surface area contributed by atoms with Gasteiger partial charge in [-0.1, -0.05) is 12.1 Å². The van der Waals surface area contributed by atoms with Crippen LogP contribution in [0.1, 0.15) is 16.7 Å². The third-order valence-corrected chi connectivity index (χ3v) is 3.20. The molecule has 0 radical (unpaired) electrons. The molecule has 0 saturated carbocycles. The van der Waals surface area contributed by atoms with Gasteiger partial charge < -0.3 is 5.32 Å². The summed E-state index contributed by atoms with van der Waals surface area (Å²) in [5.74, 6) is 0.535. The molecule has 94 valence electrons. The van der Waals surface area contributed by atoms with Crippen molar-refractivity contribution in [3.63, 3.8) is 0 Å². The van der Waals surface area contributed by atoms with E-state index >= 15 is 0 Å². The fourth-order valence-corrected chi connectivity index (χ4v) is 1.86. The summed E-state index contributed by atoms with van der Waals surface area (Å²) in [7, 11) is 1.81. The average molecular weight is 245 g/mol. The topological polar surface area (TPSA) is 37.8 Å². The minimum Gasteiger partial charge on any atom is -0.371 e. The predicted octanol–water partition coefficient (Wildman–Crippen LogP) is 3.25. The lowest BCUT2D eigenvalue weighted by atomic mass is 10.0. The van der Waals surface area contributed by atoms with Crippen molar-refractivity contribution in [2.45, 2.75) is 20.8 Å². The van der Waals surface area contributed by atoms with E-state index in [1.54, 1.807) is 13.0 Å². The first-order valence-electron chi connectivity index (χ1n) is 5.82. The molecule has 4 heteroatoms. The van der Waals surface area contributed by atoms with E-state index in [2.05, 4.69) is 15.5 Å². The molecule has 1 N–H and O–H groups in total. The maximum atomic E-state index is 13.6. The van der Waals surface area contributed by atoms with Crippen LogP contribution >= 0.6 is 0 Å². The summed E-state index contributed by atoms with van der Waals surface area (Å²) in [5.41, 5.74) is 4.16. The van der Waals surface area contributed by atoms with Crippen molar-refractivity contribution in [1.82, 2.24) is 10.2 Å². The molecule has 1 aromatic heterocycles. The van der Waals surface area contributed by atoms with E-state index in [0.29, 0.717) is 5.56 Å². The number of rotatable bonds is 2. The molecule has 0 fully saturated rings. The van der Waals surface area contributed by atoms with Gasteiger partial charge in [0.2, 0.25) is 0 Å². The molecule has 0 aliphatic rings. The van der Waals surface area contributed by atoms with Gasteiger partial charge in [0.1, 0.15) is 5.82 Å². The van der Waals surface area contributed by atoms with Crippen LogP contribution in [0, 0.1) is 26.6 Å². The number of nitrogens with one attached hydrogen (secondary N) is 1. The summed E-state index contributed by atoms with van der Waals surface area (Å²) in [5, 5.41) is 11.3. The first-order valence-corrected chi connectivity index (χ1v) is 5.82. The molecule has 18 heavy (non-hydrogen) atoms. The lowest BCUT2D eigenvalue weighted by Crippen LogP contribution is -2.02. The maximum absolute atomic E-state index is 13.6. The van der Waals surface area contributed by atoms with E-state index in [0.717, 1.165) is 28.2 Å². The van der Waals surface area contributed by atoms with Gasteiger partial charge in [0, 0.05) is 12.6 Å². The number of aryl methyl sites for hydroxylation is 1. The zero-order chi connectivity index (χ0) is 13.3. The van der Waals surface area contributed by atoms with Crippen LogP contribution in [0.25, 0.3) is 11.3 Å². The zero-order valence-corrected chi connectivity index (χ0v) is 11.0. The van der Waals surface area contributed by atoms with Crippen LogP contribution in [0.4, 0.5) is 10.2 Å². The number of halogens is 1. The van der Waals surface area contributed by atoms with Crippen molar-refractivity contribution >= 4 is 5.82 Å². The van der Waals surface area contributed by atoms with Crippen LogP contribution in [-0.2, 0) is 0 Å². The Morgan fingerprint density at radius 3 is 2.39 bits per heavy atom. The molecular formula is C14H16FN3.